The van der Waals surface area contributed by atoms with E-state index in [9.17, 15) is 9.59 Å². The fourth-order valence-electron chi connectivity index (χ4n) is 2.13. The van der Waals surface area contributed by atoms with Gasteiger partial charge in [-0.25, -0.2) is 4.79 Å². The Hall–Kier alpha value is -1.27. The van der Waals surface area contributed by atoms with E-state index in [4.69, 9.17) is 16.3 Å². The number of ether oxygens (including phenoxy) is 1. The minimum atomic E-state index is -0.279. The molecule has 20 heavy (non-hydrogen) atoms. The lowest BCUT2D eigenvalue weighted by Gasteiger charge is -2.31. The molecule has 0 saturated carbocycles. The van der Waals surface area contributed by atoms with E-state index < -0.39 is 0 Å². The van der Waals surface area contributed by atoms with Crippen molar-refractivity contribution in [1.29, 1.82) is 0 Å². The van der Waals surface area contributed by atoms with Crippen molar-refractivity contribution in [3.63, 3.8) is 0 Å². The number of halogens is 1. The zero-order valence-corrected chi connectivity index (χ0v) is 12.8. The maximum atomic E-state index is 12.0. The number of nitrogens with zero attached hydrogens (tertiary/aromatic N) is 1. The fraction of sp³-hybridized carbons (Fsp3) is 0.538. The number of piperidine rings is 1. The first kappa shape index (κ1) is 15.1. The lowest BCUT2D eigenvalue weighted by atomic mass is 10.1. The van der Waals surface area contributed by atoms with Gasteiger partial charge in [0.15, 0.2) is 0 Å². The molecule has 0 atom stereocenters. The molecule has 1 aliphatic heterocycles. The summed E-state index contributed by atoms with van der Waals surface area (Å²) in [6.07, 6.45) is 1.18. The molecule has 2 amide bonds. The van der Waals surface area contributed by atoms with Crippen LogP contribution in [0.5, 0.6) is 0 Å². The molecular formula is C13H17ClN2O3S. The maximum absolute atomic E-state index is 12.0. The van der Waals surface area contributed by atoms with Crippen molar-refractivity contribution in [3.8, 4) is 0 Å². The van der Waals surface area contributed by atoms with Gasteiger partial charge in [-0.1, -0.05) is 11.6 Å². The quantitative estimate of drug-likeness (QED) is 0.932. The van der Waals surface area contributed by atoms with Crippen LogP contribution in [0.15, 0.2) is 11.4 Å². The molecule has 1 fully saturated rings. The van der Waals surface area contributed by atoms with Gasteiger partial charge in [0.1, 0.15) is 4.88 Å². The molecule has 1 aromatic rings. The molecule has 7 heteroatoms. The van der Waals surface area contributed by atoms with Gasteiger partial charge in [0, 0.05) is 19.1 Å². The molecule has 1 saturated heterocycles. The van der Waals surface area contributed by atoms with Gasteiger partial charge in [0.05, 0.1) is 11.6 Å². The van der Waals surface area contributed by atoms with Crippen LogP contribution >= 0.6 is 22.9 Å². The second kappa shape index (κ2) is 6.95. The highest BCUT2D eigenvalue weighted by Gasteiger charge is 2.25. The van der Waals surface area contributed by atoms with Gasteiger partial charge in [-0.3, -0.25) is 4.79 Å². The lowest BCUT2D eigenvalue weighted by molar-refractivity contribution is 0.0863. The van der Waals surface area contributed by atoms with Crippen molar-refractivity contribution in [1.82, 2.24) is 10.2 Å². The number of carbonyl (C=O) groups is 2. The molecular weight excluding hydrogens is 300 g/mol. The Kier molecular flexibility index (Phi) is 5.25. The SMILES string of the molecule is CCOC(=O)N1CCC(NC(=O)c2sccc2Cl)CC1. The zero-order valence-electron chi connectivity index (χ0n) is 11.2. The highest BCUT2D eigenvalue weighted by molar-refractivity contribution is 7.12. The minimum absolute atomic E-state index is 0.0753. The van der Waals surface area contributed by atoms with Crippen LogP contribution in [0, 0.1) is 0 Å². The Balaban J connectivity index is 1.81. The topological polar surface area (TPSA) is 58.6 Å². The lowest BCUT2D eigenvalue weighted by Crippen LogP contribution is -2.46. The Bertz CT molecular complexity index is 484. The average Bonchev–Trinajstić information content (AvgIpc) is 2.86. The number of hydrogen-bond donors (Lipinski definition) is 1. The second-order valence-electron chi connectivity index (χ2n) is 4.53. The van der Waals surface area contributed by atoms with E-state index in [1.165, 1.54) is 11.3 Å². The third-order valence-corrected chi connectivity index (χ3v) is 4.52. The Morgan fingerprint density at radius 3 is 2.75 bits per heavy atom. The molecule has 2 rings (SSSR count). The predicted molar refractivity (Wildman–Crippen MR) is 78.4 cm³/mol. The molecule has 0 aliphatic carbocycles. The summed E-state index contributed by atoms with van der Waals surface area (Å²) in [4.78, 5) is 25.8. The summed E-state index contributed by atoms with van der Waals surface area (Å²) in [7, 11) is 0. The van der Waals surface area contributed by atoms with Crippen LogP contribution in [-0.2, 0) is 4.74 Å². The van der Waals surface area contributed by atoms with Crippen molar-refractivity contribution >= 4 is 34.9 Å². The highest BCUT2D eigenvalue weighted by Crippen LogP contribution is 2.22. The van der Waals surface area contributed by atoms with Crippen LogP contribution in [0.1, 0.15) is 29.4 Å². The van der Waals surface area contributed by atoms with Gasteiger partial charge < -0.3 is 15.0 Å². The van der Waals surface area contributed by atoms with Crippen LogP contribution in [0.25, 0.3) is 0 Å². The molecule has 0 aromatic carbocycles. The van der Waals surface area contributed by atoms with E-state index in [1.54, 1.807) is 23.3 Å². The Labute approximate surface area is 126 Å². The number of thiophene rings is 1. The first-order valence-electron chi connectivity index (χ1n) is 6.57. The monoisotopic (exact) mass is 316 g/mol. The van der Waals surface area contributed by atoms with Crippen molar-refractivity contribution in [2.75, 3.05) is 19.7 Å². The van der Waals surface area contributed by atoms with Gasteiger partial charge in [0.25, 0.3) is 5.91 Å². The molecule has 0 unspecified atom stereocenters. The summed E-state index contributed by atoms with van der Waals surface area (Å²) < 4.78 is 4.96. The summed E-state index contributed by atoms with van der Waals surface area (Å²) in [6.45, 7) is 3.37. The van der Waals surface area contributed by atoms with Gasteiger partial charge in [-0.2, -0.15) is 0 Å². The molecule has 2 heterocycles. The van der Waals surface area contributed by atoms with E-state index >= 15 is 0 Å². The van der Waals surface area contributed by atoms with Gasteiger partial charge in [-0.05, 0) is 31.2 Å². The Morgan fingerprint density at radius 1 is 1.50 bits per heavy atom. The molecule has 1 aromatic heterocycles. The van der Waals surface area contributed by atoms with Crippen LogP contribution in [0.4, 0.5) is 4.79 Å². The molecule has 1 aliphatic rings. The molecule has 0 bridgehead atoms. The summed E-state index contributed by atoms with van der Waals surface area (Å²) in [5, 5.41) is 5.24. The Morgan fingerprint density at radius 2 is 2.20 bits per heavy atom. The average molecular weight is 317 g/mol. The third-order valence-electron chi connectivity index (χ3n) is 3.18. The molecule has 0 spiro atoms. The first-order chi connectivity index (χ1) is 9.61. The van der Waals surface area contributed by atoms with Crippen molar-refractivity contribution in [2.24, 2.45) is 0 Å². The summed E-state index contributed by atoms with van der Waals surface area (Å²) in [5.74, 6) is -0.139. The molecule has 0 radical (unpaired) electrons. The maximum Gasteiger partial charge on any atom is 0.409 e. The van der Waals surface area contributed by atoms with Crippen LogP contribution in [-0.4, -0.2) is 42.6 Å². The van der Waals surface area contributed by atoms with Gasteiger partial charge in [0.2, 0.25) is 0 Å². The summed E-state index contributed by atoms with van der Waals surface area (Å²) in [6, 6.07) is 1.79. The normalized spacial score (nSPS) is 16.0. The van der Waals surface area contributed by atoms with E-state index in [1.807, 2.05) is 0 Å². The van der Waals surface area contributed by atoms with E-state index in [-0.39, 0.29) is 18.0 Å². The van der Waals surface area contributed by atoms with Crippen LogP contribution in [0.3, 0.4) is 0 Å². The predicted octanol–water partition coefficient (Wildman–Crippen LogP) is 2.75. The van der Waals surface area contributed by atoms with E-state index in [0.29, 0.717) is 29.6 Å². The fourth-order valence-corrected chi connectivity index (χ4v) is 3.17. The van der Waals surface area contributed by atoms with E-state index in [2.05, 4.69) is 5.32 Å². The van der Waals surface area contributed by atoms with Crippen molar-refractivity contribution < 1.29 is 14.3 Å². The first-order valence-corrected chi connectivity index (χ1v) is 7.83. The molecule has 110 valence electrons. The number of amides is 2. The number of nitrogens with one attached hydrogen (secondary N) is 1. The van der Waals surface area contributed by atoms with E-state index in [0.717, 1.165) is 12.8 Å². The van der Waals surface area contributed by atoms with Gasteiger partial charge >= 0.3 is 6.09 Å². The number of rotatable bonds is 3. The second-order valence-corrected chi connectivity index (χ2v) is 5.85. The van der Waals surface area contributed by atoms with Gasteiger partial charge in [-0.15, -0.1) is 11.3 Å². The zero-order chi connectivity index (χ0) is 14.5. The number of likely N-dealkylation sites (tertiary alicyclic amines) is 1. The van der Waals surface area contributed by atoms with Crippen molar-refractivity contribution in [2.45, 2.75) is 25.8 Å². The molecule has 5 nitrogen and oxygen atoms in total. The molecule has 1 N–H and O–H groups in total. The number of carbonyl (C=O) groups excluding carboxylic acids is 2. The smallest absolute Gasteiger partial charge is 0.409 e. The highest BCUT2D eigenvalue weighted by atomic mass is 35.5. The minimum Gasteiger partial charge on any atom is -0.450 e. The van der Waals surface area contributed by atoms with Crippen LogP contribution in [0.2, 0.25) is 5.02 Å². The summed E-state index contributed by atoms with van der Waals surface area (Å²) in [5.41, 5.74) is 0. The van der Waals surface area contributed by atoms with Crippen LogP contribution < -0.4 is 5.32 Å². The summed E-state index contributed by atoms with van der Waals surface area (Å²) >= 11 is 7.26. The van der Waals surface area contributed by atoms with Crippen molar-refractivity contribution in [3.05, 3.63) is 21.3 Å². The largest absolute Gasteiger partial charge is 0.450 e. The third kappa shape index (κ3) is 3.64. The number of hydrogen-bond acceptors (Lipinski definition) is 4. The standard InChI is InChI=1S/C13H17ClN2O3S/c1-2-19-13(18)16-6-3-9(4-7-16)15-12(17)11-10(14)5-8-20-11/h5,8-9H,2-4,6-7H2,1H3,(H,15,17).